The maximum absolute atomic E-state index is 13.9. The van der Waals surface area contributed by atoms with Gasteiger partial charge in [-0.3, -0.25) is 0 Å². The second-order valence-corrected chi connectivity index (χ2v) is 4.89. The van der Waals surface area contributed by atoms with E-state index in [9.17, 15) is 4.48 Å². The summed E-state index contributed by atoms with van der Waals surface area (Å²) >= 11 is 0. The number of halogens is 1. The molecule has 1 aromatic carbocycles. The van der Waals surface area contributed by atoms with Crippen molar-refractivity contribution in [3.63, 3.8) is 0 Å². The molecule has 2 heterocycles. The molecule has 0 unspecified atom stereocenters. The molecule has 0 amide bonds. The normalized spacial score (nSPS) is 21.3. The van der Waals surface area contributed by atoms with E-state index in [1.54, 1.807) is 12.1 Å². The van der Waals surface area contributed by atoms with Gasteiger partial charge in [0.15, 0.2) is 0 Å². The minimum Gasteiger partial charge on any atom is -0.317 e. The molecule has 4 heteroatoms. The predicted molar refractivity (Wildman–Crippen MR) is 63.4 cm³/mol. The van der Waals surface area contributed by atoms with E-state index in [0.29, 0.717) is 17.8 Å². The number of nitrogens with zero attached hydrogens (tertiary/aromatic N) is 2. The Bertz CT molecular complexity index is 486. The van der Waals surface area contributed by atoms with Gasteiger partial charge in [0.25, 0.3) is 0 Å². The molecule has 0 saturated carbocycles. The lowest BCUT2D eigenvalue weighted by Crippen LogP contribution is -2.42. The first kappa shape index (κ1) is 10.5. The van der Waals surface area contributed by atoms with Crippen LogP contribution in [0.5, 0.6) is 0 Å². The SMILES string of the molecule is N#Cc1ccc2c(c1)C1(CCNCC1)CN2F. The summed E-state index contributed by atoms with van der Waals surface area (Å²) in [5.74, 6) is 0. The third-order valence-corrected chi connectivity index (χ3v) is 3.96. The van der Waals surface area contributed by atoms with Crippen LogP contribution < -0.4 is 10.4 Å². The first-order valence-corrected chi connectivity index (χ1v) is 5.94. The Labute approximate surface area is 99.8 Å². The van der Waals surface area contributed by atoms with E-state index in [1.807, 2.05) is 6.07 Å². The molecule has 1 saturated heterocycles. The Kier molecular flexibility index (Phi) is 2.30. The van der Waals surface area contributed by atoms with Gasteiger partial charge >= 0.3 is 0 Å². The summed E-state index contributed by atoms with van der Waals surface area (Å²) in [5.41, 5.74) is 2.19. The molecular formula is C13H14FN3. The fourth-order valence-electron chi connectivity index (χ4n) is 3.01. The zero-order chi connectivity index (χ0) is 11.9. The van der Waals surface area contributed by atoms with Crippen molar-refractivity contribution in [2.24, 2.45) is 0 Å². The van der Waals surface area contributed by atoms with Crippen molar-refractivity contribution in [3.8, 4) is 6.07 Å². The molecule has 2 aliphatic rings. The Morgan fingerprint density at radius 2 is 2.12 bits per heavy atom. The van der Waals surface area contributed by atoms with Crippen molar-refractivity contribution in [3.05, 3.63) is 29.3 Å². The van der Waals surface area contributed by atoms with Crippen molar-refractivity contribution in [2.45, 2.75) is 18.3 Å². The van der Waals surface area contributed by atoms with Crippen LogP contribution in [-0.2, 0) is 5.41 Å². The van der Waals surface area contributed by atoms with Crippen LogP contribution in [-0.4, -0.2) is 19.6 Å². The van der Waals surface area contributed by atoms with E-state index < -0.39 is 0 Å². The molecule has 2 aliphatic heterocycles. The molecule has 17 heavy (non-hydrogen) atoms. The number of nitriles is 1. The summed E-state index contributed by atoms with van der Waals surface area (Å²) in [5, 5.41) is 13.1. The zero-order valence-electron chi connectivity index (χ0n) is 9.54. The maximum atomic E-state index is 13.9. The second kappa shape index (κ2) is 3.71. The van der Waals surface area contributed by atoms with Gasteiger partial charge in [-0.1, -0.05) is 4.48 Å². The minimum absolute atomic E-state index is 0.0950. The van der Waals surface area contributed by atoms with Gasteiger partial charge in [-0.05, 0) is 49.7 Å². The minimum atomic E-state index is -0.0950. The number of nitrogens with one attached hydrogen (secondary N) is 1. The molecule has 0 atom stereocenters. The fourth-order valence-corrected chi connectivity index (χ4v) is 3.01. The van der Waals surface area contributed by atoms with E-state index in [4.69, 9.17) is 5.26 Å². The number of rotatable bonds is 0. The van der Waals surface area contributed by atoms with Gasteiger partial charge in [-0.2, -0.15) is 5.26 Å². The van der Waals surface area contributed by atoms with Gasteiger partial charge in [0, 0.05) is 5.41 Å². The van der Waals surface area contributed by atoms with E-state index in [2.05, 4.69) is 11.4 Å². The van der Waals surface area contributed by atoms with Crippen LogP contribution in [0.4, 0.5) is 10.2 Å². The first-order chi connectivity index (χ1) is 8.25. The second-order valence-electron chi connectivity index (χ2n) is 4.89. The van der Waals surface area contributed by atoms with Crippen LogP contribution in [0.15, 0.2) is 18.2 Å². The number of fused-ring (bicyclic) bond motifs is 2. The van der Waals surface area contributed by atoms with Crippen molar-refractivity contribution < 1.29 is 4.48 Å². The lowest BCUT2D eigenvalue weighted by atomic mass is 9.74. The fraction of sp³-hybridized carbons (Fsp3) is 0.462. The topological polar surface area (TPSA) is 39.1 Å². The lowest BCUT2D eigenvalue weighted by molar-refractivity contribution is 0.295. The van der Waals surface area contributed by atoms with E-state index >= 15 is 0 Å². The van der Waals surface area contributed by atoms with Crippen molar-refractivity contribution in [2.75, 3.05) is 24.8 Å². The van der Waals surface area contributed by atoms with E-state index in [-0.39, 0.29) is 5.41 Å². The third kappa shape index (κ3) is 1.50. The quantitative estimate of drug-likeness (QED) is 0.693. The van der Waals surface area contributed by atoms with Gasteiger partial charge in [0.2, 0.25) is 0 Å². The molecule has 0 bridgehead atoms. The average molecular weight is 231 g/mol. The highest BCUT2D eigenvalue weighted by Gasteiger charge is 2.43. The van der Waals surface area contributed by atoms with Crippen LogP contribution >= 0.6 is 0 Å². The monoisotopic (exact) mass is 231 g/mol. The standard InChI is InChI=1S/C13H14FN3/c14-17-9-13(3-5-16-6-4-13)11-7-10(8-15)1-2-12(11)17/h1-2,7,16H,3-6,9H2. The Balaban J connectivity index is 2.10. The molecule has 88 valence electrons. The summed E-state index contributed by atoms with van der Waals surface area (Å²) in [6, 6.07) is 7.41. The first-order valence-electron chi connectivity index (χ1n) is 5.94. The smallest absolute Gasteiger partial charge is 0.0991 e. The van der Waals surface area contributed by atoms with Crippen LogP contribution in [0.25, 0.3) is 0 Å². The molecule has 3 rings (SSSR count). The summed E-state index contributed by atoms with van der Waals surface area (Å²) in [6.07, 6.45) is 1.88. The highest BCUT2D eigenvalue weighted by molar-refractivity contribution is 5.63. The van der Waals surface area contributed by atoms with Gasteiger partial charge in [-0.25, -0.2) is 5.12 Å². The summed E-state index contributed by atoms with van der Waals surface area (Å²) in [4.78, 5) is 0. The van der Waals surface area contributed by atoms with Gasteiger partial charge in [0.1, 0.15) is 0 Å². The molecule has 0 aliphatic carbocycles. The molecule has 0 radical (unpaired) electrons. The largest absolute Gasteiger partial charge is 0.317 e. The molecular weight excluding hydrogens is 217 g/mol. The molecule has 1 N–H and O–H groups in total. The number of piperidine rings is 1. The average Bonchev–Trinajstić information content (AvgIpc) is 2.63. The van der Waals surface area contributed by atoms with Crippen LogP contribution in [0.3, 0.4) is 0 Å². The summed E-state index contributed by atoms with van der Waals surface area (Å²) < 4.78 is 13.9. The van der Waals surface area contributed by atoms with Crippen molar-refractivity contribution >= 4 is 5.69 Å². The highest BCUT2D eigenvalue weighted by Crippen LogP contribution is 2.46. The Hall–Kier alpha value is -1.60. The number of hydrogen-bond acceptors (Lipinski definition) is 3. The number of hydrogen-bond donors (Lipinski definition) is 1. The molecule has 1 aromatic rings. The van der Waals surface area contributed by atoms with Gasteiger partial charge in [-0.15, -0.1) is 0 Å². The summed E-state index contributed by atoms with van der Waals surface area (Å²) in [6.45, 7) is 2.27. The number of benzene rings is 1. The molecule has 0 aromatic heterocycles. The van der Waals surface area contributed by atoms with Crippen molar-refractivity contribution in [1.82, 2.24) is 5.32 Å². The highest BCUT2D eigenvalue weighted by atomic mass is 19.2. The van der Waals surface area contributed by atoms with Crippen LogP contribution in [0.1, 0.15) is 24.0 Å². The zero-order valence-corrected chi connectivity index (χ0v) is 9.54. The Morgan fingerprint density at radius 1 is 1.35 bits per heavy atom. The molecule has 1 fully saturated rings. The third-order valence-electron chi connectivity index (χ3n) is 3.96. The molecule has 1 spiro atoms. The summed E-state index contributed by atoms with van der Waals surface area (Å²) in [7, 11) is 0. The number of anilines is 1. The van der Waals surface area contributed by atoms with E-state index in [1.165, 1.54) is 0 Å². The van der Waals surface area contributed by atoms with Gasteiger partial charge in [0.05, 0.1) is 23.9 Å². The molecule has 3 nitrogen and oxygen atoms in total. The maximum Gasteiger partial charge on any atom is 0.0991 e. The predicted octanol–water partition coefficient (Wildman–Crippen LogP) is 1.88. The van der Waals surface area contributed by atoms with Crippen molar-refractivity contribution in [1.29, 1.82) is 5.26 Å². The van der Waals surface area contributed by atoms with E-state index in [0.717, 1.165) is 36.6 Å². The van der Waals surface area contributed by atoms with Crippen LogP contribution in [0, 0.1) is 11.3 Å². The van der Waals surface area contributed by atoms with Gasteiger partial charge < -0.3 is 5.32 Å². The lowest BCUT2D eigenvalue weighted by Gasteiger charge is -2.33. The Morgan fingerprint density at radius 3 is 2.82 bits per heavy atom. The van der Waals surface area contributed by atoms with Crippen LogP contribution in [0.2, 0.25) is 0 Å².